The molecule has 16 nitrogen and oxygen atoms in total. The lowest BCUT2D eigenvalue weighted by Crippen LogP contribution is -2.61. The summed E-state index contributed by atoms with van der Waals surface area (Å²) in [6, 6.07) is 2.44. The van der Waals surface area contributed by atoms with Gasteiger partial charge in [-0.25, -0.2) is 9.59 Å². The number of ether oxygens (including phenoxy) is 6. The summed E-state index contributed by atoms with van der Waals surface area (Å²) in [5.41, 5.74) is -2.27. The number of aliphatic hydroxyl groups excluding tert-OH is 1. The Balaban J connectivity index is 1.84. The number of allylic oxidation sites excluding steroid dienone is 2. The molecule has 61 heavy (non-hydrogen) atoms. The molecule has 0 spiro atoms. The molecule has 3 N–H and O–H groups in total. The molecule has 0 saturated carbocycles. The Morgan fingerprint density at radius 2 is 1.80 bits per heavy atom. The Morgan fingerprint density at radius 3 is 2.43 bits per heavy atom. The van der Waals surface area contributed by atoms with Gasteiger partial charge >= 0.3 is 24.1 Å². The SMILES string of the molecule is CC[C@H]1OC(=O)[C@H](C)[C@@H](OC(=O)C(C)C)[C@H](C)[C@@H](O[C@@H]2O[C@H](C)C[C@H](N(C)C)[C@H]2O)[C@](C)(OC(=O)NCC=CC=Cc2cccnc2)C[C@@H](C)C(=O)[C@H](C)[C@H]2NC(=O)O[C@@]21C. The fraction of sp³-hybridized carbons (Fsp3) is 0.689. The molecule has 0 aliphatic carbocycles. The fourth-order valence-electron chi connectivity index (χ4n) is 8.88. The van der Waals surface area contributed by atoms with Gasteiger partial charge in [0, 0.05) is 42.7 Å². The maximum absolute atomic E-state index is 14.6. The Morgan fingerprint density at radius 1 is 1.10 bits per heavy atom. The van der Waals surface area contributed by atoms with Crippen LogP contribution in [-0.4, -0.2) is 126 Å². The molecule has 3 aliphatic rings. The van der Waals surface area contributed by atoms with Crippen LogP contribution in [0.2, 0.25) is 0 Å². The van der Waals surface area contributed by atoms with Gasteiger partial charge in [0.05, 0.1) is 24.0 Å². The van der Waals surface area contributed by atoms with E-state index in [-0.39, 0.29) is 37.3 Å². The van der Waals surface area contributed by atoms with Gasteiger partial charge in [-0.1, -0.05) is 71.9 Å². The minimum atomic E-state index is -1.72. The number of nitrogens with one attached hydrogen (secondary N) is 2. The Bertz CT molecular complexity index is 1740. The van der Waals surface area contributed by atoms with E-state index in [0.717, 1.165) is 5.56 Å². The normalized spacial score (nSPS) is 36.5. The number of fused-ring (bicyclic) bond motifs is 1. The first-order valence-corrected chi connectivity index (χ1v) is 21.4. The molecule has 4 heterocycles. The third-order valence-electron chi connectivity index (χ3n) is 12.3. The van der Waals surface area contributed by atoms with Crippen molar-refractivity contribution in [1.29, 1.82) is 0 Å². The van der Waals surface area contributed by atoms with Gasteiger partial charge in [-0.05, 0) is 72.7 Å². The number of hydrogen-bond donors (Lipinski definition) is 3. The monoisotopic (exact) mass is 856 g/mol. The molecule has 2 amide bonds. The zero-order chi connectivity index (χ0) is 45.4. The molecule has 14 atom stereocenters. The minimum Gasteiger partial charge on any atom is -0.461 e. The third kappa shape index (κ3) is 12.0. The summed E-state index contributed by atoms with van der Waals surface area (Å²) in [5, 5.41) is 17.3. The van der Waals surface area contributed by atoms with Crippen LogP contribution in [0.5, 0.6) is 0 Å². The van der Waals surface area contributed by atoms with Crippen molar-refractivity contribution in [2.45, 2.75) is 149 Å². The van der Waals surface area contributed by atoms with Crippen LogP contribution in [0.4, 0.5) is 9.59 Å². The second kappa shape index (κ2) is 21.1. The number of carbonyl (C=O) groups excluding carboxylic acids is 5. The number of pyridine rings is 1. The van der Waals surface area contributed by atoms with E-state index in [9.17, 15) is 29.1 Å². The molecular weight excluding hydrogens is 789 g/mol. The lowest BCUT2D eigenvalue weighted by atomic mass is 9.73. The highest BCUT2D eigenvalue weighted by Gasteiger charge is 2.58. The van der Waals surface area contributed by atoms with Crippen LogP contribution in [0.3, 0.4) is 0 Å². The van der Waals surface area contributed by atoms with Gasteiger partial charge in [0.1, 0.15) is 35.8 Å². The third-order valence-corrected chi connectivity index (χ3v) is 12.3. The number of amides is 2. The highest BCUT2D eigenvalue weighted by molar-refractivity contribution is 5.85. The van der Waals surface area contributed by atoms with Crippen molar-refractivity contribution < 1.29 is 57.5 Å². The summed E-state index contributed by atoms with van der Waals surface area (Å²) in [7, 11) is 3.67. The fourth-order valence-corrected chi connectivity index (χ4v) is 8.88. The molecule has 0 radical (unpaired) electrons. The molecule has 1 aromatic rings. The number of ketones is 1. The number of nitrogens with zero attached hydrogens (tertiary/aromatic N) is 2. The van der Waals surface area contributed by atoms with E-state index in [2.05, 4.69) is 15.6 Å². The number of likely N-dealkylation sites (N-methyl/N-ethyl adjacent to an activating group) is 1. The molecule has 4 rings (SSSR count). The van der Waals surface area contributed by atoms with Gasteiger partial charge < -0.3 is 49.1 Å². The van der Waals surface area contributed by atoms with Gasteiger partial charge in [-0.15, -0.1) is 0 Å². The van der Waals surface area contributed by atoms with E-state index in [1.54, 1.807) is 92.9 Å². The number of hydrogen-bond acceptors (Lipinski definition) is 14. The average Bonchev–Trinajstić information content (AvgIpc) is 3.52. The van der Waals surface area contributed by atoms with Gasteiger partial charge in [0.25, 0.3) is 0 Å². The zero-order valence-electron chi connectivity index (χ0n) is 37.8. The van der Waals surface area contributed by atoms with Crippen molar-refractivity contribution >= 4 is 36.0 Å². The van der Waals surface area contributed by atoms with Crippen LogP contribution in [0.15, 0.2) is 42.8 Å². The first-order chi connectivity index (χ1) is 28.6. The molecule has 1 aromatic heterocycles. The second-order valence-corrected chi connectivity index (χ2v) is 17.8. The molecule has 0 aromatic carbocycles. The lowest BCUT2D eigenvalue weighted by Gasteiger charge is -2.48. The van der Waals surface area contributed by atoms with Crippen molar-refractivity contribution in [3.63, 3.8) is 0 Å². The molecule has 340 valence electrons. The number of esters is 2. The van der Waals surface area contributed by atoms with E-state index < -0.39 is 102 Å². The largest absolute Gasteiger partial charge is 0.461 e. The van der Waals surface area contributed by atoms with Crippen LogP contribution in [0.25, 0.3) is 6.08 Å². The number of aromatic nitrogens is 1. The highest BCUT2D eigenvalue weighted by Crippen LogP contribution is 2.42. The van der Waals surface area contributed by atoms with Crippen LogP contribution >= 0.6 is 0 Å². The number of carbonyl (C=O) groups is 5. The average molecular weight is 857 g/mol. The van der Waals surface area contributed by atoms with Crippen molar-refractivity contribution in [2.75, 3.05) is 20.6 Å². The first-order valence-electron chi connectivity index (χ1n) is 21.4. The van der Waals surface area contributed by atoms with Crippen LogP contribution in [-0.2, 0) is 42.8 Å². The number of Topliss-reactive ketones (excluding diaryl/α,β-unsaturated/α-hetero) is 1. The van der Waals surface area contributed by atoms with Gasteiger partial charge in [-0.3, -0.25) is 19.4 Å². The topological polar surface area (TPSA) is 201 Å². The van der Waals surface area contributed by atoms with E-state index in [1.807, 2.05) is 44.1 Å². The highest BCUT2D eigenvalue weighted by atomic mass is 16.7. The first kappa shape index (κ1) is 49.3. The van der Waals surface area contributed by atoms with E-state index in [4.69, 9.17) is 28.4 Å². The molecule has 16 heteroatoms. The molecule has 3 aliphatic heterocycles. The molecular formula is C45H68N4O12. The van der Waals surface area contributed by atoms with E-state index in [0.29, 0.717) is 6.42 Å². The summed E-state index contributed by atoms with van der Waals surface area (Å²) < 4.78 is 37.5. The summed E-state index contributed by atoms with van der Waals surface area (Å²) in [4.78, 5) is 75.2. The molecule has 0 bridgehead atoms. The standard InChI is InChI=1S/C45H68N4O12/c1-13-33-45(10)37(48-43(55)61-45)28(6)34(50)26(4)23-44(9,60-42(54)47-21-16-14-15-18-31-19-17-20-46-24-31)38(59-41-35(51)32(49(11)12)22-27(5)56-41)29(7)36(30(8)40(53)57-33)58-39(52)25(2)3/h14-20,24-30,32-33,35-38,41,51H,13,21-23H2,1-12H3,(H,47,54)(H,48,55)/t26-,27-,28+,29+,30-,32+,33-,35-,36+,37-,38-,41+,44-,45-/m1/s1. The summed E-state index contributed by atoms with van der Waals surface area (Å²) in [6.07, 6.45) is 3.18. The van der Waals surface area contributed by atoms with Crippen molar-refractivity contribution in [3.05, 3.63) is 48.3 Å². The predicted octanol–water partition coefficient (Wildman–Crippen LogP) is 5.22. The van der Waals surface area contributed by atoms with Crippen LogP contribution in [0.1, 0.15) is 94.1 Å². The Kier molecular flexibility index (Phi) is 17.1. The molecule has 3 fully saturated rings. The van der Waals surface area contributed by atoms with Crippen molar-refractivity contribution in [1.82, 2.24) is 20.5 Å². The minimum absolute atomic E-state index is 0.0709. The number of aliphatic hydroxyl groups is 1. The predicted molar refractivity (Wildman–Crippen MR) is 226 cm³/mol. The number of alkyl carbamates (subject to hydrolysis) is 2. The summed E-state index contributed by atoms with van der Waals surface area (Å²) in [5.74, 6) is -6.06. The van der Waals surface area contributed by atoms with Crippen molar-refractivity contribution in [3.8, 4) is 0 Å². The van der Waals surface area contributed by atoms with Gasteiger partial charge in [-0.2, -0.15) is 0 Å². The van der Waals surface area contributed by atoms with E-state index in [1.165, 1.54) is 0 Å². The molecule has 3 saturated heterocycles. The summed E-state index contributed by atoms with van der Waals surface area (Å²) in [6.45, 7) is 16.9. The smallest absolute Gasteiger partial charge is 0.408 e. The maximum Gasteiger partial charge on any atom is 0.408 e. The second-order valence-electron chi connectivity index (χ2n) is 17.8. The van der Waals surface area contributed by atoms with Gasteiger partial charge in [0.15, 0.2) is 11.9 Å². The quantitative estimate of drug-likeness (QED) is 0.149. The lowest BCUT2D eigenvalue weighted by molar-refractivity contribution is -0.298. The molecule has 0 unspecified atom stereocenters. The summed E-state index contributed by atoms with van der Waals surface area (Å²) >= 11 is 0. The number of rotatable bonds is 11. The number of cyclic esters (lactones) is 1. The van der Waals surface area contributed by atoms with Crippen LogP contribution < -0.4 is 10.6 Å². The van der Waals surface area contributed by atoms with E-state index >= 15 is 0 Å². The van der Waals surface area contributed by atoms with Gasteiger partial charge in [0.2, 0.25) is 0 Å². The maximum atomic E-state index is 14.6. The Labute approximate surface area is 360 Å². The Hall–Kier alpha value is -4.38. The van der Waals surface area contributed by atoms with Crippen molar-refractivity contribution in [2.24, 2.45) is 29.6 Å². The van der Waals surface area contributed by atoms with Crippen LogP contribution in [0, 0.1) is 29.6 Å². The zero-order valence-corrected chi connectivity index (χ0v) is 37.8.